The van der Waals surface area contributed by atoms with E-state index in [1.54, 1.807) is 0 Å². The first-order valence-corrected chi connectivity index (χ1v) is 6.13. The highest BCUT2D eigenvalue weighted by molar-refractivity contribution is 5.96. The van der Waals surface area contributed by atoms with Crippen LogP contribution in [0.3, 0.4) is 0 Å². The van der Waals surface area contributed by atoms with Crippen LogP contribution in [0, 0.1) is 6.92 Å². The minimum Gasteiger partial charge on any atom is -0.342 e. The molecule has 0 saturated carbocycles. The number of anilines is 1. The summed E-state index contributed by atoms with van der Waals surface area (Å²) in [6, 6.07) is 5.12. The average Bonchev–Trinajstić information content (AvgIpc) is 2.68. The van der Waals surface area contributed by atoms with Gasteiger partial charge in [0.15, 0.2) is 0 Å². The number of aromatic amines is 1. The van der Waals surface area contributed by atoms with Crippen molar-refractivity contribution in [3.63, 3.8) is 0 Å². The zero-order chi connectivity index (χ0) is 13.1. The molecule has 0 aliphatic heterocycles. The number of hydrogen-bond donors (Lipinski definition) is 3. The molecule has 18 heavy (non-hydrogen) atoms. The normalized spacial score (nSPS) is 12.6. The molecule has 1 amide bonds. The summed E-state index contributed by atoms with van der Waals surface area (Å²) in [5, 5.41) is 2.82. The molecule has 0 fully saturated rings. The van der Waals surface area contributed by atoms with Crippen molar-refractivity contribution in [2.45, 2.75) is 32.7 Å². The number of nitrogens with two attached hydrogens (primary N) is 1. The Hall–Kier alpha value is -1.88. The fourth-order valence-electron chi connectivity index (χ4n) is 1.89. The van der Waals surface area contributed by atoms with Gasteiger partial charge in [-0.25, -0.2) is 4.98 Å². The molecule has 0 aliphatic carbocycles. The molecule has 4 N–H and O–H groups in total. The molecule has 1 aromatic carbocycles. The number of carbonyl (C=O) groups excluding carboxylic acids is 1. The summed E-state index contributed by atoms with van der Waals surface area (Å²) >= 11 is 0. The molecule has 96 valence electrons. The number of carbonyl (C=O) groups is 1. The summed E-state index contributed by atoms with van der Waals surface area (Å²) in [6.07, 6.45) is 1.59. The topological polar surface area (TPSA) is 83.8 Å². The Balaban J connectivity index is 2.14. The van der Waals surface area contributed by atoms with Crippen LogP contribution in [0.2, 0.25) is 0 Å². The first kappa shape index (κ1) is 12.6. The molecule has 1 unspecified atom stereocenters. The summed E-state index contributed by atoms with van der Waals surface area (Å²) in [4.78, 5) is 19.2. The molecule has 0 bridgehead atoms. The van der Waals surface area contributed by atoms with Gasteiger partial charge >= 0.3 is 0 Å². The largest absolute Gasteiger partial charge is 0.342 e. The highest BCUT2D eigenvalue weighted by atomic mass is 16.2. The van der Waals surface area contributed by atoms with Crippen molar-refractivity contribution in [3.8, 4) is 0 Å². The fraction of sp³-hybridized carbons (Fsp3) is 0.385. The number of amides is 1. The number of benzene rings is 1. The summed E-state index contributed by atoms with van der Waals surface area (Å²) in [6.45, 7) is 3.90. The molecule has 0 aliphatic rings. The van der Waals surface area contributed by atoms with E-state index in [9.17, 15) is 4.79 Å². The van der Waals surface area contributed by atoms with Crippen molar-refractivity contribution in [2.75, 3.05) is 5.32 Å². The lowest BCUT2D eigenvalue weighted by Gasteiger charge is -2.10. The minimum absolute atomic E-state index is 0.146. The minimum atomic E-state index is -0.450. The molecule has 2 aromatic rings. The van der Waals surface area contributed by atoms with Gasteiger partial charge in [0, 0.05) is 5.69 Å². The average molecular weight is 246 g/mol. The Morgan fingerprint density at radius 3 is 3.06 bits per heavy atom. The van der Waals surface area contributed by atoms with Crippen LogP contribution in [0.4, 0.5) is 5.69 Å². The van der Waals surface area contributed by atoms with Crippen molar-refractivity contribution in [1.29, 1.82) is 0 Å². The van der Waals surface area contributed by atoms with Crippen molar-refractivity contribution >= 4 is 22.6 Å². The van der Waals surface area contributed by atoms with Crippen LogP contribution in [-0.2, 0) is 4.79 Å². The molecule has 0 radical (unpaired) electrons. The summed E-state index contributed by atoms with van der Waals surface area (Å²) in [5.74, 6) is 0.712. The van der Waals surface area contributed by atoms with E-state index in [1.807, 2.05) is 32.0 Å². The van der Waals surface area contributed by atoms with E-state index in [0.29, 0.717) is 6.42 Å². The number of rotatable bonds is 4. The Kier molecular flexibility index (Phi) is 3.62. The Bertz CT molecular complexity index is 561. The van der Waals surface area contributed by atoms with Crippen LogP contribution >= 0.6 is 0 Å². The van der Waals surface area contributed by atoms with E-state index < -0.39 is 6.04 Å². The number of aromatic nitrogens is 2. The first-order valence-electron chi connectivity index (χ1n) is 6.13. The Morgan fingerprint density at radius 2 is 2.33 bits per heavy atom. The van der Waals surface area contributed by atoms with Crippen LogP contribution < -0.4 is 11.1 Å². The molecule has 0 saturated heterocycles. The molecule has 1 atom stereocenters. The van der Waals surface area contributed by atoms with Gasteiger partial charge in [0.2, 0.25) is 5.91 Å². The molecular weight excluding hydrogens is 228 g/mol. The first-order chi connectivity index (χ1) is 8.60. The molecule has 1 aromatic heterocycles. The number of nitrogens with zero attached hydrogens (tertiary/aromatic N) is 1. The van der Waals surface area contributed by atoms with Crippen molar-refractivity contribution in [1.82, 2.24) is 9.97 Å². The van der Waals surface area contributed by atoms with E-state index in [0.717, 1.165) is 29.0 Å². The molecule has 5 heteroatoms. The highest BCUT2D eigenvalue weighted by Gasteiger charge is 2.12. The third-order valence-electron chi connectivity index (χ3n) is 2.80. The molecular formula is C13H18N4O. The van der Waals surface area contributed by atoms with Crippen molar-refractivity contribution in [3.05, 3.63) is 24.0 Å². The van der Waals surface area contributed by atoms with Crippen LogP contribution in [0.15, 0.2) is 18.2 Å². The van der Waals surface area contributed by atoms with Gasteiger partial charge in [-0.05, 0) is 31.5 Å². The maximum absolute atomic E-state index is 11.8. The van der Waals surface area contributed by atoms with E-state index >= 15 is 0 Å². The number of H-pyrrole nitrogens is 1. The molecule has 5 nitrogen and oxygen atoms in total. The predicted molar refractivity (Wildman–Crippen MR) is 72.3 cm³/mol. The van der Waals surface area contributed by atoms with Gasteiger partial charge in [-0.15, -0.1) is 0 Å². The van der Waals surface area contributed by atoms with Gasteiger partial charge in [0.25, 0.3) is 0 Å². The van der Waals surface area contributed by atoms with E-state index in [1.165, 1.54) is 0 Å². The van der Waals surface area contributed by atoms with Crippen molar-refractivity contribution < 1.29 is 4.79 Å². The Morgan fingerprint density at radius 1 is 1.56 bits per heavy atom. The van der Waals surface area contributed by atoms with Crippen LogP contribution in [0.1, 0.15) is 25.6 Å². The van der Waals surface area contributed by atoms with Gasteiger partial charge in [0.1, 0.15) is 5.82 Å². The number of nitrogens with one attached hydrogen (secondary N) is 2. The van der Waals surface area contributed by atoms with E-state index in [-0.39, 0.29) is 5.91 Å². The monoisotopic (exact) mass is 246 g/mol. The summed E-state index contributed by atoms with van der Waals surface area (Å²) in [5.41, 5.74) is 8.30. The lowest BCUT2D eigenvalue weighted by Crippen LogP contribution is -2.35. The molecule has 2 rings (SSSR count). The smallest absolute Gasteiger partial charge is 0.241 e. The quantitative estimate of drug-likeness (QED) is 0.770. The second kappa shape index (κ2) is 5.18. The highest BCUT2D eigenvalue weighted by Crippen LogP contribution is 2.17. The molecule has 1 heterocycles. The van der Waals surface area contributed by atoms with Crippen LogP contribution in [0.25, 0.3) is 11.0 Å². The summed E-state index contributed by atoms with van der Waals surface area (Å²) < 4.78 is 0. The Labute approximate surface area is 106 Å². The zero-order valence-corrected chi connectivity index (χ0v) is 10.7. The van der Waals surface area contributed by atoms with Gasteiger partial charge in [-0.2, -0.15) is 0 Å². The maximum Gasteiger partial charge on any atom is 0.241 e. The third-order valence-corrected chi connectivity index (χ3v) is 2.80. The van der Waals surface area contributed by atoms with Crippen LogP contribution in [-0.4, -0.2) is 21.9 Å². The third kappa shape index (κ3) is 2.68. The number of fused-ring (bicyclic) bond motifs is 1. The van der Waals surface area contributed by atoms with Gasteiger partial charge < -0.3 is 16.0 Å². The van der Waals surface area contributed by atoms with E-state index in [4.69, 9.17) is 5.73 Å². The second-order valence-corrected chi connectivity index (χ2v) is 4.44. The van der Waals surface area contributed by atoms with Crippen molar-refractivity contribution in [2.24, 2.45) is 5.73 Å². The van der Waals surface area contributed by atoms with Gasteiger partial charge in [0.05, 0.1) is 17.1 Å². The van der Waals surface area contributed by atoms with Gasteiger partial charge in [-0.3, -0.25) is 4.79 Å². The lowest BCUT2D eigenvalue weighted by atomic mass is 10.1. The predicted octanol–water partition coefficient (Wildman–Crippen LogP) is 1.94. The number of hydrogen-bond acceptors (Lipinski definition) is 3. The fourth-order valence-corrected chi connectivity index (χ4v) is 1.89. The number of imidazole rings is 1. The van der Waals surface area contributed by atoms with Gasteiger partial charge in [-0.1, -0.05) is 13.3 Å². The maximum atomic E-state index is 11.8. The summed E-state index contributed by atoms with van der Waals surface area (Å²) in [7, 11) is 0. The SMILES string of the molecule is CCCC(N)C(=O)Nc1ccc2nc(C)[nH]c2c1. The molecule has 0 spiro atoms. The number of aryl methyl sites for hydroxylation is 1. The zero-order valence-electron chi connectivity index (χ0n) is 10.7. The second-order valence-electron chi connectivity index (χ2n) is 4.44. The standard InChI is InChI=1S/C13H18N4O/c1-3-4-10(14)13(18)17-9-5-6-11-12(7-9)16-8(2)15-11/h5-7,10H,3-4,14H2,1-2H3,(H,15,16)(H,17,18). The van der Waals surface area contributed by atoms with Crippen LogP contribution in [0.5, 0.6) is 0 Å². The lowest BCUT2D eigenvalue weighted by molar-refractivity contribution is -0.117. The van der Waals surface area contributed by atoms with E-state index in [2.05, 4.69) is 15.3 Å².